The number of carbonyl (C=O) groups is 1. The fourth-order valence-corrected chi connectivity index (χ4v) is 3.96. The molecule has 3 N–H and O–H groups in total. The van der Waals surface area contributed by atoms with Crippen molar-refractivity contribution in [2.75, 3.05) is 31.1 Å². The number of thioether (sulfide) groups is 1. The van der Waals surface area contributed by atoms with Crippen molar-refractivity contribution in [3.05, 3.63) is 24.3 Å². The molecule has 0 spiro atoms. The normalized spacial score (nSPS) is 16.0. The fraction of sp³-hybridized carbons (Fsp3) is 0.611. The second-order valence-corrected chi connectivity index (χ2v) is 7.44. The van der Waals surface area contributed by atoms with Crippen molar-refractivity contribution in [3.8, 4) is 0 Å². The van der Waals surface area contributed by atoms with E-state index in [-0.39, 0.29) is 11.2 Å². The number of carbonyl (C=O) groups excluding carboxylic acids is 1. The van der Waals surface area contributed by atoms with Gasteiger partial charge in [0, 0.05) is 36.8 Å². The SMILES string of the molecule is CCCCCCC(Sc1ccc(N2CCNCC2)cc1)C(=O)NO. The summed E-state index contributed by atoms with van der Waals surface area (Å²) >= 11 is 1.53. The van der Waals surface area contributed by atoms with Gasteiger partial charge in [0.05, 0.1) is 5.25 Å². The van der Waals surface area contributed by atoms with Gasteiger partial charge in [0.2, 0.25) is 0 Å². The number of nitrogens with zero attached hydrogens (tertiary/aromatic N) is 1. The van der Waals surface area contributed by atoms with Crippen LogP contribution in [0.25, 0.3) is 0 Å². The Morgan fingerprint density at radius 3 is 2.58 bits per heavy atom. The van der Waals surface area contributed by atoms with Crippen molar-refractivity contribution in [2.45, 2.75) is 49.2 Å². The lowest BCUT2D eigenvalue weighted by molar-refractivity contribution is -0.128. The maximum Gasteiger partial charge on any atom is 0.256 e. The van der Waals surface area contributed by atoms with Crippen LogP contribution in [0.2, 0.25) is 0 Å². The maximum atomic E-state index is 11.9. The monoisotopic (exact) mass is 351 g/mol. The van der Waals surface area contributed by atoms with Gasteiger partial charge in [-0.3, -0.25) is 10.0 Å². The molecule has 0 aliphatic carbocycles. The highest BCUT2D eigenvalue weighted by Gasteiger charge is 2.19. The van der Waals surface area contributed by atoms with E-state index >= 15 is 0 Å². The highest BCUT2D eigenvalue weighted by atomic mass is 32.2. The third-order valence-electron chi connectivity index (χ3n) is 4.32. The Morgan fingerprint density at radius 2 is 1.96 bits per heavy atom. The Labute approximate surface area is 149 Å². The first-order valence-corrected chi connectivity index (χ1v) is 9.79. The van der Waals surface area contributed by atoms with Crippen LogP contribution in [-0.2, 0) is 4.79 Å². The second-order valence-electron chi connectivity index (χ2n) is 6.16. The van der Waals surface area contributed by atoms with E-state index in [0.29, 0.717) is 0 Å². The molecule has 1 saturated heterocycles. The number of hydroxylamine groups is 1. The summed E-state index contributed by atoms with van der Waals surface area (Å²) in [4.78, 5) is 15.3. The van der Waals surface area contributed by atoms with Gasteiger partial charge in [-0.25, -0.2) is 5.48 Å². The van der Waals surface area contributed by atoms with Crippen LogP contribution in [0, 0.1) is 0 Å². The van der Waals surface area contributed by atoms with Gasteiger partial charge in [0.15, 0.2) is 0 Å². The number of piperazine rings is 1. The fourth-order valence-electron chi connectivity index (χ4n) is 2.89. The van der Waals surface area contributed by atoms with Gasteiger partial charge < -0.3 is 10.2 Å². The van der Waals surface area contributed by atoms with E-state index in [2.05, 4.69) is 41.4 Å². The molecule has 0 saturated carbocycles. The Balaban J connectivity index is 1.91. The first-order chi connectivity index (χ1) is 11.7. The zero-order chi connectivity index (χ0) is 17.2. The molecular formula is C18H29N3O2S. The molecule has 0 bridgehead atoms. The second kappa shape index (κ2) is 10.6. The zero-order valence-corrected chi connectivity index (χ0v) is 15.3. The lowest BCUT2D eigenvalue weighted by atomic mass is 10.1. The first-order valence-electron chi connectivity index (χ1n) is 8.91. The van der Waals surface area contributed by atoms with E-state index in [4.69, 9.17) is 5.21 Å². The lowest BCUT2D eigenvalue weighted by Crippen LogP contribution is -2.43. The van der Waals surface area contributed by atoms with E-state index in [1.54, 1.807) is 0 Å². The van der Waals surface area contributed by atoms with E-state index in [1.807, 2.05) is 5.48 Å². The minimum atomic E-state index is -0.303. The van der Waals surface area contributed by atoms with Gasteiger partial charge in [-0.05, 0) is 30.7 Å². The number of hydrogen-bond donors (Lipinski definition) is 3. The summed E-state index contributed by atoms with van der Waals surface area (Å²) in [6.45, 7) is 6.27. The van der Waals surface area contributed by atoms with Crippen LogP contribution in [-0.4, -0.2) is 42.5 Å². The van der Waals surface area contributed by atoms with Crippen molar-refractivity contribution in [3.63, 3.8) is 0 Å². The molecule has 1 aromatic rings. The van der Waals surface area contributed by atoms with E-state index in [0.717, 1.165) is 50.3 Å². The molecule has 1 aliphatic heterocycles. The van der Waals surface area contributed by atoms with Crippen LogP contribution in [0.1, 0.15) is 39.0 Å². The molecule has 1 heterocycles. The number of hydrogen-bond acceptors (Lipinski definition) is 5. The van der Waals surface area contributed by atoms with E-state index in [9.17, 15) is 4.79 Å². The van der Waals surface area contributed by atoms with Gasteiger partial charge in [-0.15, -0.1) is 11.8 Å². The quantitative estimate of drug-likeness (QED) is 0.276. The summed E-state index contributed by atoms with van der Waals surface area (Å²) < 4.78 is 0. The van der Waals surface area contributed by atoms with Gasteiger partial charge in [0.25, 0.3) is 5.91 Å². The number of anilines is 1. The smallest absolute Gasteiger partial charge is 0.256 e. The molecule has 1 fully saturated rings. The summed E-state index contributed by atoms with van der Waals surface area (Å²) in [7, 11) is 0. The molecule has 1 amide bonds. The zero-order valence-electron chi connectivity index (χ0n) is 14.5. The third-order valence-corrected chi connectivity index (χ3v) is 5.60. The summed E-state index contributed by atoms with van der Waals surface area (Å²) in [5, 5.41) is 12.1. The van der Waals surface area contributed by atoms with Crippen molar-refractivity contribution < 1.29 is 10.0 Å². The minimum absolute atomic E-state index is 0.239. The Bertz CT molecular complexity index is 490. The molecule has 1 atom stereocenters. The Morgan fingerprint density at radius 1 is 1.25 bits per heavy atom. The number of amides is 1. The highest BCUT2D eigenvalue weighted by molar-refractivity contribution is 8.00. The molecule has 1 aromatic carbocycles. The Kier molecular flexibility index (Phi) is 8.42. The minimum Gasteiger partial charge on any atom is -0.369 e. The third kappa shape index (κ3) is 6.00. The maximum absolute atomic E-state index is 11.9. The standard InChI is InChI=1S/C18H29N3O2S/c1-2-3-4-5-6-17(18(22)20-23)24-16-9-7-15(8-10-16)21-13-11-19-12-14-21/h7-10,17,19,23H,2-6,11-14H2,1H3,(H,20,22). The molecule has 0 aromatic heterocycles. The van der Waals surface area contributed by atoms with Crippen molar-refractivity contribution in [1.82, 2.24) is 10.8 Å². The van der Waals surface area contributed by atoms with E-state index in [1.165, 1.54) is 30.3 Å². The Hall–Kier alpha value is -1.24. The van der Waals surface area contributed by atoms with Crippen LogP contribution < -0.4 is 15.7 Å². The number of nitrogens with one attached hydrogen (secondary N) is 2. The van der Waals surface area contributed by atoms with Gasteiger partial charge in [0.1, 0.15) is 0 Å². The largest absolute Gasteiger partial charge is 0.369 e. The topological polar surface area (TPSA) is 64.6 Å². The summed E-state index contributed by atoms with van der Waals surface area (Å²) in [6, 6.07) is 8.40. The molecule has 134 valence electrons. The molecule has 6 heteroatoms. The van der Waals surface area contributed by atoms with Crippen molar-refractivity contribution >= 4 is 23.4 Å². The van der Waals surface area contributed by atoms with Crippen molar-refractivity contribution in [2.24, 2.45) is 0 Å². The lowest BCUT2D eigenvalue weighted by Gasteiger charge is -2.29. The predicted molar refractivity (Wildman–Crippen MR) is 99.9 cm³/mol. The summed E-state index contributed by atoms with van der Waals surface area (Å²) in [6.07, 6.45) is 5.30. The predicted octanol–water partition coefficient (Wildman–Crippen LogP) is 3.03. The van der Waals surface area contributed by atoms with E-state index < -0.39 is 0 Å². The molecule has 1 aliphatic rings. The molecule has 2 rings (SSSR count). The van der Waals surface area contributed by atoms with Gasteiger partial charge >= 0.3 is 0 Å². The number of unbranched alkanes of at least 4 members (excludes halogenated alkanes) is 3. The highest BCUT2D eigenvalue weighted by Crippen LogP contribution is 2.29. The molecule has 5 nitrogen and oxygen atoms in total. The average Bonchev–Trinajstić information content (AvgIpc) is 2.65. The number of rotatable bonds is 9. The van der Waals surface area contributed by atoms with Gasteiger partial charge in [-0.2, -0.15) is 0 Å². The van der Waals surface area contributed by atoms with Crippen LogP contribution in [0.15, 0.2) is 29.2 Å². The number of benzene rings is 1. The molecule has 24 heavy (non-hydrogen) atoms. The van der Waals surface area contributed by atoms with Crippen LogP contribution in [0.4, 0.5) is 5.69 Å². The molecule has 1 unspecified atom stereocenters. The first kappa shape index (κ1) is 19.1. The van der Waals surface area contributed by atoms with Crippen LogP contribution in [0.3, 0.4) is 0 Å². The average molecular weight is 352 g/mol. The van der Waals surface area contributed by atoms with Crippen LogP contribution in [0.5, 0.6) is 0 Å². The summed E-state index contributed by atoms with van der Waals surface area (Å²) in [5.74, 6) is -0.303. The molecule has 0 radical (unpaired) electrons. The summed E-state index contributed by atoms with van der Waals surface area (Å²) in [5.41, 5.74) is 3.04. The van der Waals surface area contributed by atoms with Crippen LogP contribution >= 0.6 is 11.8 Å². The molecular weight excluding hydrogens is 322 g/mol. The van der Waals surface area contributed by atoms with Gasteiger partial charge in [-0.1, -0.05) is 32.6 Å². The van der Waals surface area contributed by atoms with Crippen molar-refractivity contribution in [1.29, 1.82) is 0 Å².